The standard InChI is InChI=1S/C21H25FN2O2/c1-13(25)14(2)26-20-9-4-16-10-19-15(11-21(16,20)3)12-23-24(19)18-7-5-17(22)6-8-18/h5-8,10,12-14,20,25H,4,9,11H2,1-3H3. The smallest absolute Gasteiger partial charge is 0.123 e. The summed E-state index contributed by atoms with van der Waals surface area (Å²) in [5.41, 5.74) is 4.43. The van der Waals surface area contributed by atoms with E-state index in [-0.39, 0.29) is 23.4 Å². The van der Waals surface area contributed by atoms with Crippen molar-refractivity contribution in [2.24, 2.45) is 5.41 Å². The van der Waals surface area contributed by atoms with Crippen LogP contribution in [-0.2, 0) is 11.2 Å². The first kappa shape index (κ1) is 17.4. The zero-order valence-corrected chi connectivity index (χ0v) is 15.4. The van der Waals surface area contributed by atoms with Gasteiger partial charge in [0.2, 0.25) is 0 Å². The van der Waals surface area contributed by atoms with Crippen LogP contribution in [0.2, 0.25) is 0 Å². The highest BCUT2D eigenvalue weighted by molar-refractivity contribution is 5.62. The molecule has 2 aliphatic carbocycles. The lowest BCUT2D eigenvalue weighted by Crippen LogP contribution is -2.38. The molecule has 2 aliphatic rings. The van der Waals surface area contributed by atoms with Crippen molar-refractivity contribution in [2.75, 3.05) is 0 Å². The molecule has 0 bridgehead atoms. The van der Waals surface area contributed by atoms with Gasteiger partial charge in [0.05, 0.1) is 35.9 Å². The summed E-state index contributed by atoms with van der Waals surface area (Å²) in [4.78, 5) is 0. The van der Waals surface area contributed by atoms with Crippen LogP contribution >= 0.6 is 0 Å². The van der Waals surface area contributed by atoms with Gasteiger partial charge in [0.1, 0.15) is 5.82 Å². The number of benzene rings is 1. The minimum absolute atomic E-state index is 0.0627. The average molecular weight is 356 g/mol. The van der Waals surface area contributed by atoms with Crippen LogP contribution in [0, 0.1) is 11.2 Å². The van der Waals surface area contributed by atoms with Crippen molar-refractivity contribution < 1.29 is 14.2 Å². The summed E-state index contributed by atoms with van der Waals surface area (Å²) in [5, 5.41) is 14.3. The number of aliphatic hydroxyl groups excluding tert-OH is 1. The molecule has 2 aromatic rings. The Morgan fingerprint density at radius 3 is 2.73 bits per heavy atom. The van der Waals surface area contributed by atoms with Gasteiger partial charge < -0.3 is 9.84 Å². The minimum Gasteiger partial charge on any atom is -0.391 e. The van der Waals surface area contributed by atoms with Crippen LogP contribution in [0.5, 0.6) is 0 Å². The molecule has 4 unspecified atom stereocenters. The molecule has 4 atom stereocenters. The number of halogens is 1. The SMILES string of the molecule is CC(O)C(C)OC1CCC2=Cc3c(cnn3-c3ccc(F)cc3)CC21C. The van der Waals surface area contributed by atoms with Gasteiger partial charge in [-0.3, -0.25) is 0 Å². The second-order valence-corrected chi connectivity index (χ2v) is 7.82. The lowest BCUT2D eigenvalue weighted by Gasteiger charge is -2.37. The first-order valence-corrected chi connectivity index (χ1v) is 9.26. The zero-order chi connectivity index (χ0) is 18.5. The third kappa shape index (κ3) is 2.79. The minimum atomic E-state index is -0.480. The van der Waals surface area contributed by atoms with Crippen molar-refractivity contribution in [1.82, 2.24) is 9.78 Å². The van der Waals surface area contributed by atoms with Gasteiger partial charge in [-0.25, -0.2) is 9.07 Å². The van der Waals surface area contributed by atoms with E-state index < -0.39 is 6.10 Å². The lowest BCUT2D eigenvalue weighted by molar-refractivity contribution is -0.0902. The number of aromatic nitrogens is 2. The first-order valence-electron chi connectivity index (χ1n) is 9.26. The van der Waals surface area contributed by atoms with E-state index in [9.17, 15) is 9.50 Å². The van der Waals surface area contributed by atoms with E-state index in [1.54, 1.807) is 19.1 Å². The number of ether oxygens (including phenoxy) is 1. The molecule has 5 heteroatoms. The molecule has 0 amide bonds. The second kappa shape index (κ2) is 6.32. The van der Waals surface area contributed by atoms with Crippen LogP contribution in [0.25, 0.3) is 11.8 Å². The monoisotopic (exact) mass is 356 g/mol. The quantitative estimate of drug-likeness (QED) is 0.904. The molecular weight excluding hydrogens is 331 g/mol. The Hall–Kier alpha value is -1.98. The Bertz CT molecular complexity index is 840. The topological polar surface area (TPSA) is 47.3 Å². The summed E-state index contributed by atoms with van der Waals surface area (Å²) in [5.74, 6) is -0.247. The van der Waals surface area contributed by atoms with E-state index in [0.717, 1.165) is 30.6 Å². The second-order valence-electron chi connectivity index (χ2n) is 7.82. The molecule has 26 heavy (non-hydrogen) atoms. The summed E-state index contributed by atoms with van der Waals surface area (Å²) in [6, 6.07) is 6.42. The van der Waals surface area contributed by atoms with E-state index in [1.807, 2.05) is 17.8 Å². The molecule has 1 aromatic carbocycles. The van der Waals surface area contributed by atoms with Crippen molar-refractivity contribution in [3.05, 3.63) is 53.1 Å². The van der Waals surface area contributed by atoms with E-state index >= 15 is 0 Å². The normalized spacial score (nSPS) is 26.8. The molecule has 4 rings (SSSR count). The van der Waals surface area contributed by atoms with Gasteiger partial charge >= 0.3 is 0 Å². The van der Waals surface area contributed by atoms with Crippen LogP contribution in [0.15, 0.2) is 36.0 Å². The number of aliphatic hydroxyl groups is 1. The number of fused-ring (bicyclic) bond motifs is 2. The van der Waals surface area contributed by atoms with Crippen LogP contribution in [0.4, 0.5) is 4.39 Å². The summed E-state index contributed by atoms with van der Waals surface area (Å²) < 4.78 is 21.3. The molecule has 0 saturated heterocycles. The van der Waals surface area contributed by atoms with Crippen molar-refractivity contribution in [3.8, 4) is 5.69 Å². The molecule has 4 nitrogen and oxygen atoms in total. The molecule has 0 spiro atoms. The molecule has 1 aromatic heterocycles. The van der Waals surface area contributed by atoms with Crippen LogP contribution in [0.3, 0.4) is 0 Å². The van der Waals surface area contributed by atoms with Gasteiger partial charge in [0.15, 0.2) is 0 Å². The summed E-state index contributed by atoms with van der Waals surface area (Å²) in [7, 11) is 0. The highest BCUT2D eigenvalue weighted by Crippen LogP contribution is 2.51. The van der Waals surface area contributed by atoms with Gasteiger partial charge in [0, 0.05) is 5.41 Å². The van der Waals surface area contributed by atoms with Gasteiger partial charge in [-0.05, 0) is 69.0 Å². The Labute approximate surface area is 153 Å². The van der Waals surface area contributed by atoms with E-state index in [0.29, 0.717) is 0 Å². The Morgan fingerprint density at radius 2 is 2.04 bits per heavy atom. The Balaban J connectivity index is 1.65. The summed E-state index contributed by atoms with van der Waals surface area (Å²) >= 11 is 0. The summed E-state index contributed by atoms with van der Waals surface area (Å²) in [6.07, 6.45) is 6.39. The molecule has 1 heterocycles. The maximum absolute atomic E-state index is 13.2. The molecular formula is C21H25FN2O2. The fraction of sp³-hybridized carbons (Fsp3) is 0.476. The number of nitrogens with zero attached hydrogens (tertiary/aromatic N) is 2. The first-order chi connectivity index (χ1) is 12.4. The predicted octanol–water partition coefficient (Wildman–Crippen LogP) is 3.91. The van der Waals surface area contributed by atoms with E-state index in [2.05, 4.69) is 18.1 Å². The number of rotatable bonds is 4. The molecule has 138 valence electrons. The molecule has 0 aliphatic heterocycles. The van der Waals surface area contributed by atoms with Crippen molar-refractivity contribution in [3.63, 3.8) is 0 Å². The van der Waals surface area contributed by atoms with E-state index in [1.165, 1.54) is 23.3 Å². The van der Waals surface area contributed by atoms with Gasteiger partial charge in [-0.2, -0.15) is 5.10 Å². The lowest BCUT2D eigenvalue weighted by atomic mass is 9.73. The highest BCUT2D eigenvalue weighted by atomic mass is 19.1. The van der Waals surface area contributed by atoms with Gasteiger partial charge in [-0.1, -0.05) is 12.5 Å². The third-order valence-corrected chi connectivity index (χ3v) is 6.00. The van der Waals surface area contributed by atoms with Gasteiger partial charge in [0.25, 0.3) is 0 Å². The van der Waals surface area contributed by atoms with Crippen molar-refractivity contribution in [2.45, 2.75) is 58.3 Å². The van der Waals surface area contributed by atoms with Crippen LogP contribution in [-0.4, -0.2) is 33.2 Å². The largest absolute Gasteiger partial charge is 0.391 e. The predicted molar refractivity (Wildman–Crippen MR) is 98.6 cm³/mol. The van der Waals surface area contributed by atoms with Crippen molar-refractivity contribution in [1.29, 1.82) is 0 Å². The Morgan fingerprint density at radius 1 is 1.31 bits per heavy atom. The van der Waals surface area contributed by atoms with Crippen LogP contribution in [0.1, 0.15) is 44.9 Å². The maximum Gasteiger partial charge on any atom is 0.123 e. The summed E-state index contributed by atoms with van der Waals surface area (Å²) in [6.45, 7) is 5.95. The fourth-order valence-electron chi connectivity index (χ4n) is 4.18. The average Bonchev–Trinajstić information content (AvgIpc) is 3.14. The number of hydrogen-bond acceptors (Lipinski definition) is 3. The molecule has 1 N–H and O–H groups in total. The number of hydrogen-bond donors (Lipinski definition) is 1. The Kier molecular flexibility index (Phi) is 4.24. The van der Waals surface area contributed by atoms with Crippen LogP contribution < -0.4 is 0 Å². The fourth-order valence-corrected chi connectivity index (χ4v) is 4.18. The molecule has 1 saturated carbocycles. The van der Waals surface area contributed by atoms with Crippen molar-refractivity contribution >= 4 is 6.08 Å². The van der Waals surface area contributed by atoms with E-state index in [4.69, 9.17) is 4.74 Å². The molecule has 0 radical (unpaired) electrons. The molecule has 1 fully saturated rings. The highest BCUT2D eigenvalue weighted by Gasteiger charge is 2.47. The maximum atomic E-state index is 13.2. The third-order valence-electron chi connectivity index (χ3n) is 6.00. The van der Waals surface area contributed by atoms with Gasteiger partial charge in [-0.15, -0.1) is 0 Å². The zero-order valence-electron chi connectivity index (χ0n) is 15.4.